The van der Waals surface area contributed by atoms with E-state index in [9.17, 15) is 8.78 Å². The van der Waals surface area contributed by atoms with Gasteiger partial charge in [-0.3, -0.25) is 0 Å². The molecule has 3 nitrogen and oxygen atoms in total. The predicted octanol–water partition coefficient (Wildman–Crippen LogP) is 0.343. The van der Waals surface area contributed by atoms with Crippen LogP contribution in [0.25, 0.3) is 0 Å². The van der Waals surface area contributed by atoms with Crippen molar-refractivity contribution >= 4 is 0 Å². The van der Waals surface area contributed by atoms with Crippen LogP contribution in [0.5, 0.6) is 0 Å². The van der Waals surface area contributed by atoms with Crippen LogP contribution in [0.1, 0.15) is 6.42 Å². The summed E-state index contributed by atoms with van der Waals surface area (Å²) in [6, 6.07) is 0. The smallest absolute Gasteiger partial charge is 0.345 e. The van der Waals surface area contributed by atoms with Crippen molar-refractivity contribution in [1.82, 2.24) is 0 Å². The van der Waals surface area contributed by atoms with Gasteiger partial charge in [0.25, 0.3) is 0 Å². The standard InChI is InChI=1S/C6H11F2NO2/c7-5(8)11-4-6(9)1-2-10-3-6/h5H,1-4,9H2. The van der Waals surface area contributed by atoms with Gasteiger partial charge in [-0.25, -0.2) is 0 Å². The number of rotatable bonds is 3. The first-order valence-electron chi connectivity index (χ1n) is 3.39. The van der Waals surface area contributed by atoms with Crippen LogP contribution >= 0.6 is 0 Å². The minimum atomic E-state index is -2.74. The Morgan fingerprint density at radius 3 is 2.82 bits per heavy atom. The molecule has 1 saturated heterocycles. The highest BCUT2D eigenvalue weighted by atomic mass is 19.3. The van der Waals surface area contributed by atoms with Gasteiger partial charge < -0.3 is 15.2 Å². The van der Waals surface area contributed by atoms with Gasteiger partial charge in [0.2, 0.25) is 0 Å². The zero-order chi connectivity index (χ0) is 8.32. The molecule has 0 spiro atoms. The highest BCUT2D eigenvalue weighted by molar-refractivity contribution is 4.87. The predicted molar refractivity (Wildman–Crippen MR) is 34.3 cm³/mol. The molecule has 0 aromatic rings. The maximum absolute atomic E-state index is 11.5. The molecule has 0 radical (unpaired) electrons. The molecule has 1 aliphatic heterocycles. The van der Waals surface area contributed by atoms with Gasteiger partial charge in [0, 0.05) is 6.61 Å². The van der Waals surface area contributed by atoms with Crippen LogP contribution in [0.2, 0.25) is 0 Å². The third-order valence-corrected chi connectivity index (χ3v) is 1.63. The summed E-state index contributed by atoms with van der Waals surface area (Å²) in [4.78, 5) is 0. The second kappa shape index (κ2) is 3.42. The van der Waals surface area contributed by atoms with Crippen LogP contribution in [-0.4, -0.2) is 32.0 Å². The van der Waals surface area contributed by atoms with Crippen LogP contribution in [0.4, 0.5) is 8.78 Å². The third-order valence-electron chi connectivity index (χ3n) is 1.63. The van der Waals surface area contributed by atoms with E-state index in [-0.39, 0.29) is 6.61 Å². The SMILES string of the molecule is NC1(COC(F)F)CCOC1. The Kier molecular flexibility index (Phi) is 2.75. The van der Waals surface area contributed by atoms with Crippen LogP contribution in [0.3, 0.4) is 0 Å². The van der Waals surface area contributed by atoms with E-state index < -0.39 is 12.2 Å². The fourth-order valence-corrected chi connectivity index (χ4v) is 0.966. The Morgan fingerprint density at radius 2 is 2.36 bits per heavy atom. The Bertz CT molecular complexity index is 126. The van der Waals surface area contributed by atoms with E-state index >= 15 is 0 Å². The first-order valence-corrected chi connectivity index (χ1v) is 3.39. The summed E-state index contributed by atoms with van der Waals surface area (Å²) in [7, 11) is 0. The molecule has 1 fully saturated rings. The maximum Gasteiger partial charge on any atom is 0.345 e. The Morgan fingerprint density at radius 1 is 1.64 bits per heavy atom. The Balaban J connectivity index is 2.23. The van der Waals surface area contributed by atoms with Crippen molar-refractivity contribution in [2.75, 3.05) is 19.8 Å². The number of alkyl halides is 2. The van der Waals surface area contributed by atoms with Crippen molar-refractivity contribution in [3.8, 4) is 0 Å². The minimum absolute atomic E-state index is 0.134. The van der Waals surface area contributed by atoms with Crippen LogP contribution < -0.4 is 5.73 Å². The minimum Gasteiger partial charge on any atom is -0.379 e. The van der Waals surface area contributed by atoms with E-state index in [0.717, 1.165) is 0 Å². The maximum atomic E-state index is 11.5. The van der Waals surface area contributed by atoms with Gasteiger partial charge in [-0.2, -0.15) is 8.78 Å². The molecule has 11 heavy (non-hydrogen) atoms. The number of ether oxygens (including phenoxy) is 2. The van der Waals surface area contributed by atoms with Crippen LogP contribution in [0, 0.1) is 0 Å². The van der Waals surface area contributed by atoms with Crippen molar-refractivity contribution < 1.29 is 18.3 Å². The van der Waals surface area contributed by atoms with Crippen molar-refractivity contribution in [3.05, 3.63) is 0 Å². The largest absolute Gasteiger partial charge is 0.379 e. The lowest BCUT2D eigenvalue weighted by Gasteiger charge is -2.20. The fraction of sp³-hybridized carbons (Fsp3) is 1.00. The van der Waals surface area contributed by atoms with Crippen LogP contribution in [0.15, 0.2) is 0 Å². The van der Waals surface area contributed by atoms with Crippen LogP contribution in [-0.2, 0) is 9.47 Å². The van der Waals surface area contributed by atoms with Gasteiger partial charge >= 0.3 is 6.61 Å². The average Bonchev–Trinajstić information content (AvgIpc) is 2.33. The number of halogens is 2. The van der Waals surface area contributed by atoms with E-state index in [1.54, 1.807) is 0 Å². The topological polar surface area (TPSA) is 44.5 Å². The molecular formula is C6H11F2NO2. The van der Waals surface area contributed by atoms with Gasteiger partial charge in [-0.1, -0.05) is 0 Å². The molecule has 0 bridgehead atoms. The molecule has 1 aliphatic rings. The summed E-state index contributed by atoms with van der Waals surface area (Å²) in [5.41, 5.74) is 4.93. The molecule has 0 aromatic carbocycles. The highest BCUT2D eigenvalue weighted by Gasteiger charge is 2.31. The second-order valence-electron chi connectivity index (χ2n) is 2.74. The van der Waals surface area contributed by atoms with Gasteiger partial charge in [-0.05, 0) is 6.42 Å². The zero-order valence-corrected chi connectivity index (χ0v) is 6.06. The van der Waals surface area contributed by atoms with Gasteiger partial charge in [0.1, 0.15) is 0 Å². The summed E-state index contributed by atoms with van der Waals surface area (Å²) >= 11 is 0. The lowest BCUT2D eigenvalue weighted by atomic mass is 10.0. The van der Waals surface area contributed by atoms with E-state index in [0.29, 0.717) is 19.6 Å². The lowest BCUT2D eigenvalue weighted by Crippen LogP contribution is -2.45. The molecule has 1 atom stereocenters. The molecule has 5 heteroatoms. The molecule has 1 heterocycles. The van der Waals surface area contributed by atoms with E-state index in [2.05, 4.69) is 4.74 Å². The fourth-order valence-electron chi connectivity index (χ4n) is 0.966. The second-order valence-corrected chi connectivity index (χ2v) is 2.74. The van der Waals surface area contributed by atoms with Crippen molar-refractivity contribution in [3.63, 3.8) is 0 Å². The number of hydrogen-bond donors (Lipinski definition) is 1. The normalized spacial score (nSPS) is 31.6. The number of nitrogens with two attached hydrogens (primary N) is 1. The first-order chi connectivity index (χ1) is 5.12. The molecule has 0 aromatic heterocycles. The van der Waals surface area contributed by atoms with E-state index in [1.807, 2.05) is 0 Å². The van der Waals surface area contributed by atoms with Gasteiger partial charge in [0.15, 0.2) is 0 Å². The summed E-state index contributed by atoms with van der Waals surface area (Å²) in [5, 5.41) is 0. The zero-order valence-electron chi connectivity index (χ0n) is 6.06. The molecule has 2 N–H and O–H groups in total. The summed E-state index contributed by atoms with van der Waals surface area (Å²) in [6.45, 7) is -2.04. The molecule has 0 aliphatic carbocycles. The van der Waals surface area contributed by atoms with Crippen molar-refractivity contribution in [1.29, 1.82) is 0 Å². The highest BCUT2D eigenvalue weighted by Crippen LogP contribution is 2.16. The molecule has 0 amide bonds. The summed E-state index contributed by atoms with van der Waals surface area (Å²) in [6.07, 6.45) is 0.583. The quantitative estimate of drug-likeness (QED) is 0.659. The van der Waals surface area contributed by atoms with Gasteiger partial charge in [-0.15, -0.1) is 0 Å². The van der Waals surface area contributed by atoms with Crippen molar-refractivity contribution in [2.24, 2.45) is 5.73 Å². The van der Waals surface area contributed by atoms with E-state index in [1.165, 1.54) is 0 Å². The average molecular weight is 167 g/mol. The van der Waals surface area contributed by atoms with Gasteiger partial charge in [0.05, 0.1) is 18.8 Å². The van der Waals surface area contributed by atoms with E-state index in [4.69, 9.17) is 10.5 Å². The Labute approximate surface area is 63.5 Å². The monoisotopic (exact) mass is 167 g/mol. The third kappa shape index (κ3) is 2.69. The Hall–Kier alpha value is -0.260. The molecule has 66 valence electrons. The molecule has 1 rings (SSSR count). The molecule has 1 unspecified atom stereocenters. The molecular weight excluding hydrogens is 156 g/mol. The first kappa shape index (κ1) is 8.83. The lowest BCUT2D eigenvalue weighted by molar-refractivity contribution is -0.141. The molecule has 0 saturated carbocycles. The number of hydrogen-bond acceptors (Lipinski definition) is 3. The summed E-state index contributed by atoms with van der Waals surface area (Å²) < 4.78 is 32.1. The van der Waals surface area contributed by atoms with Crippen molar-refractivity contribution in [2.45, 2.75) is 18.6 Å². The summed E-state index contributed by atoms with van der Waals surface area (Å²) in [5.74, 6) is 0.